The first-order chi connectivity index (χ1) is 9.12. The second kappa shape index (κ2) is 7.82. The second-order valence-electron chi connectivity index (χ2n) is 3.37. The molecular formula is C12H14INO5. The van der Waals surface area contributed by atoms with Gasteiger partial charge in [0.2, 0.25) is 0 Å². The lowest BCUT2D eigenvalue weighted by Gasteiger charge is -2.12. The molecular weight excluding hydrogens is 365 g/mol. The second-order valence-corrected chi connectivity index (χ2v) is 4.53. The predicted molar refractivity (Wildman–Crippen MR) is 77.2 cm³/mol. The third kappa shape index (κ3) is 4.58. The fourth-order valence-corrected chi connectivity index (χ4v) is 2.14. The molecule has 7 heteroatoms. The summed E-state index contributed by atoms with van der Waals surface area (Å²) >= 11 is 2.04. The Bertz CT molecular complexity index is 475. The van der Waals surface area contributed by atoms with E-state index in [2.05, 4.69) is 5.16 Å². The summed E-state index contributed by atoms with van der Waals surface area (Å²) in [6, 6.07) is 3.38. The van der Waals surface area contributed by atoms with Gasteiger partial charge in [0.15, 0.2) is 18.1 Å². The van der Waals surface area contributed by atoms with Crippen molar-refractivity contribution in [3.63, 3.8) is 0 Å². The maximum atomic E-state index is 11.3. The molecule has 1 aromatic rings. The van der Waals surface area contributed by atoms with Crippen molar-refractivity contribution in [2.24, 2.45) is 5.16 Å². The smallest absolute Gasteiger partial charge is 0.344 e. The van der Waals surface area contributed by atoms with Gasteiger partial charge in [-0.05, 0) is 41.6 Å². The van der Waals surface area contributed by atoms with Crippen LogP contribution >= 0.6 is 22.6 Å². The van der Waals surface area contributed by atoms with Crippen molar-refractivity contribution in [1.82, 2.24) is 0 Å². The molecule has 0 bridgehead atoms. The summed E-state index contributed by atoms with van der Waals surface area (Å²) in [5.74, 6) is 0.457. The van der Waals surface area contributed by atoms with E-state index in [1.54, 1.807) is 19.1 Å². The molecule has 0 saturated heterocycles. The van der Waals surface area contributed by atoms with Crippen molar-refractivity contribution in [3.05, 3.63) is 21.3 Å². The van der Waals surface area contributed by atoms with Gasteiger partial charge in [-0.25, -0.2) is 4.79 Å². The zero-order valence-corrected chi connectivity index (χ0v) is 12.7. The molecule has 1 aromatic carbocycles. The molecule has 0 amide bonds. The Morgan fingerprint density at radius 1 is 1.53 bits per heavy atom. The molecule has 0 spiro atoms. The Morgan fingerprint density at radius 3 is 2.84 bits per heavy atom. The number of methoxy groups -OCH3 is 1. The highest BCUT2D eigenvalue weighted by Gasteiger charge is 2.13. The summed E-state index contributed by atoms with van der Waals surface area (Å²) in [5, 5.41) is 11.5. The minimum absolute atomic E-state index is 0.187. The minimum atomic E-state index is -0.443. The molecule has 19 heavy (non-hydrogen) atoms. The molecule has 0 aromatic heterocycles. The van der Waals surface area contributed by atoms with Crippen molar-refractivity contribution in [3.8, 4) is 11.5 Å². The molecule has 104 valence electrons. The molecule has 6 nitrogen and oxygen atoms in total. The number of halogens is 1. The standard InChI is InChI=1S/C12H14INO5/c1-3-18-11(15)7-19-12-9(13)4-8(6-14-16)5-10(12)17-2/h4-6,16H,3,7H2,1-2H3/b14-6-. The average molecular weight is 379 g/mol. The lowest BCUT2D eigenvalue weighted by atomic mass is 10.2. The summed E-state index contributed by atoms with van der Waals surface area (Å²) in [5.41, 5.74) is 0.659. The number of carbonyl (C=O) groups is 1. The average Bonchev–Trinajstić information content (AvgIpc) is 2.37. The quantitative estimate of drug-likeness (QED) is 0.269. The molecule has 0 saturated carbocycles. The first-order valence-electron chi connectivity index (χ1n) is 5.45. The Kier molecular flexibility index (Phi) is 6.40. The van der Waals surface area contributed by atoms with Gasteiger partial charge in [0.1, 0.15) is 0 Å². The third-order valence-corrected chi connectivity index (χ3v) is 2.90. The fourth-order valence-electron chi connectivity index (χ4n) is 1.35. The Balaban J connectivity index is 2.90. The van der Waals surface area contributed by atoms with Gasteiger partial charge in [-0.1, -0.05) is 5.16 Å². The molecule has 0 heterocycles. The normalized spacial score (nSPS) is 10.5. The lowest BCUT2D eigenvalue weighted by molar-refractivity contribution is -0.145. The number of carbonyl (C=O) groups excluding carboxylic acids is 1. The highest BCUT2D eigenvalue weighted by atomic mass is 127. The van der Waals surface area contributed by atoms with Gasteiger partial charge < -0.3 is 19.4 Å². The van der Waals surface area contributed by atoms with E-state index in [-0.39, 0.29) is 6.61 Å². The number of benzene rings is 1. The first kappa shape index (κ1) is 15.5. The Hall–Kier alpha value is -1.51. The van der Waals surface area contributed by atoms with E-state index in [0.717, 1.165) is 3.57 Å². The maximum Gasteiger partial charge on any atom is 0.344 e. The zero-order chi connectivity index (χ0) is 14.3. The number of oxime groups is 1. The van der Waals surface area contributed by atoms with Crippen LogP contribution in [0.2, 0.25) is 0 Å². The number of hydrogen-bond donors (Lipinski definition) is 1. The van der Waals surface area contributed by atoms with Crippen LogP contribution in [-0.4, -0.2) is 37.7 Å². The van der Waals surface area contributed by atoms with Crippen LogP contribution < -0.4 is 9.47 Å². The number of hydrogen-bond acceptors (Lipinski definition) is 6. The van der Waals surface area contributed by atoms with Gasteiger partial charge in [-0.3, -0.25) is 0 Å². The number of rotatable bonds is 6. The number of nitrogens with zero attached hydrogens (tertiary/aromatic N) is 1. The van der Waals surface area contributed by atoms with E-state index >= 15 is 0 Å². The van der Waals surface area contributed by atoms with Crippen molar-refractivity contribution >= 4 is 34.8 Å². The number of esters is 1. The van der Waals surface area contributed by atoms with E-state index in [4.69, 9.17) is 19.4 Å². The highest BCUT2D eigenvalue weighted by Crippen LogP contribution is 2.33. The molecule has 0 aliphatic heterocycles. The molecule has 0 aliphatic carbocycles. The summed E-state index contributed by atoms with van der Waals surface area (Å²) in [6.07, 6.45) is 1.28. The van der Waals surface area contributed by atoms with E-state index in [1.807, 2.05) is 22.6 Å². The maximum absolute atomic E-state index is 11.3. The van der Waals surface area contributed by atoms with E-state index in [0.29, 0.717) is 23.7 Å². The lowest BCUT2D eigenvalue weighted by Crippen LogP contribution is -2.15. The topological polar surface area (TPSA) is 77.4 Å². The van der Waals surface area contributed by atoms with Gasteiger partial charge >= 0.3 is 5.97 Å². The SMILES string of the molecule is CCOC(=O)COc1c(I)cc(/C=N\O)cc1OC. The first-order valence-corrected chi connectivity index (χ1v) is 6.53. The van der Waals surface area contributed by atoms with Gasteiger partial charge in [0.05, 0.1) is 23.5 Å². The van der Waals surface area contributed by atoms with Crippen molar-refractivity contribution in [1.29, 1.82) is 0 Å². The van der Waals surface area contributed by atoms with Crippen LogP contribution in [-0.2, 0) is 9.53 Å². The molecule has 0 atom stereocenters. The van der Waals surface area contributed by atoms with Crippen molar-refractivity contribution < 1.29 is 24.2 Å². The van der Waals surface area contributed by atoms with Crippen LogP contribution in [0, 0.1) is 3.57 Å². The molecule has 0 unspecified atom stereocenters. The van der Waals surface area contributed by atoms with Crippen LogP contribution in [0.25, 0.3) is 0 Å². The van der Waals surface area contributed by atoms with E-state index in [1.165, 1.54) is 13.3 Å². The Labute approximate surface area is 124 Å². The van der Waals surface area contributed by atoms with Gasteiger partial charge in [0, 0.05) is 5.56 Å². The zero-order valence-electron chi connectivity index (χ0n) is 10.6. The largest absolute Gasteiger partial charge is 0.493 e. The summed E-state index contributed by atoms with van der Waals surface area (Å²) in [6.45, 7) is 1.85. The van der Waals surface area contributed by atoms with E-state index < -0.39 is 5.97 Å². The molecule has 1 rings (SSSR count). The van der Waals surface area contributed by atoms with Crippen LogP contribution in [0.1, 0.15) is 12.5 Å². The highest BCUT2D eigenvalue weighted by molar-refractivity contribution is 14.1. The summed E-state index contributed by atoms with van der Waals surface area (Å²) < 4.78 is 16.1. The monoisotopic (exact) mass is 379 g/mol. The van der Waals surface area contributed by atoms with Crippen LogP contribution in [0.5, 0.6) is 11.5 Å². The molecule has 0 radical (unpaired) electrons. The summed E-state index contributed by atoms with van der Waals surface area (Å²) in [4.78, 5) is 11.3. The number of ether oxygens (including phenoxy) is 3. The van der Waals surface area contributed by atoms with Gasteiger partial charge in [0.25, 0.3) is 0 Å². The van der Waals surface area contributed by atoms with Crippen LogP contribution in [0.3, 0.4) is 0 Å². The van der Waals surface area contributed by atoms with E-state index in [9.17, 15) is 4.79 Å². The molecule has 1 N–H and O–H groups in total. The van der Waals surface area contributed by atoms with Crippen molar-refractivity contribution in [2.45, 2.75) is 6.92 Å². The molecule has 0 fully saturated rings. The summed E-state index contributed by atoms with van der Waals surface area (Å²) in [7, 11) is 1.49. The van der Waals surface area contributed by atoms with Crippen LogP contribution in [0.4, 0.5) is 0 Å². The fraction of sp³-hybridized carbons (Fsp3) is 0.333. The Morgan fingerprint density at radius 2 is 2.26 bits per heavy atom. The molecule has 0 aliphatic rings. The minimum Gasteiger partial charge on any atom is -0.493 e. The van der Waals surface area contributed by atoms with Crippen LogP contribution in [0.15, 0.2) is 17.3 Å². The van der Waals surface area contributed by atoms with Crippen molar-refractivity contribution in [2.75, 3.05) is 20.3 Å². The van der Waals surface area contributed by atoms with Gasteiger partial charge in [-0.2, -0.15) is 0 Å². The third-order valence-electron chi connectivity index (χ3n) is 2.10. The van der Waals surface area contributed by atoms with Gasteiger partial charge in [-0.15, -0.1) is 0 Å². The predicted octanol–water partition coefficient (Wildman–Crippen LogP) is 2.05.